The van der Waals surface area contributed by atoms with E-state index in [1.807, 2.05) is 12.1 Å². The largest absolute Gasteiger partial charge is 0.495 e. The lowest BCUT2D eigenvalue weighted by Gasteiger charge is -2.38. The Bertz CT molecular complexity index is 397. The standard InChI is InChI=1S/C13H19ClN2O/c1-15-6-7-16(2)12(9-15)10-4-5-13(17-3)11(14)8-10/h4-5,8,12H,6-7,9H2,1-3H3. The molecule has 0 amide bonds. The molecule has 1 saturated heterocycles. The predicted molar refractivity (Wildman–Crippen MR) is 70.9 cm³/mol. The van der Waals surface area contributed by atoms with E-state index in [0.717, 1.165) is 25.4 Å². The molecule has 0 bridgehead atoms. The van der Waals surface area contributed by atoms with E-state index in [2.05, 4.69) is 30.0 Å². The third-order valence-electron chi connectivity index (χ3n) is 3.41. The molecule has 0 N–H and O–H groups in total. The van der Waals surface area contributed by atoms with Gasteiger partial charge in [0.1, 0.15) is 5.75 Å². The third-order valence-corrected chi connectivity index (χ3v) is 3.71. The first-order chi connectivity index (χ1) is 8.11. The third kappa shape index (κ3) is 2.73. The van der Waals surface area contributed by atoms with Crippen LogP contribution in [0.25, 0.3) is 0 Å². The second kappa shape index (κ2) is 5.25. The molecular weight excluding hydrogens is 236 g/mol. The number of benzene rings is 1. The number of piperazine rings is 1. The zero-order chi connectivity index (χ0) is 12.4. The van der Waals surface area contributed by atoms with E-state index in [1.165, 1.54) is 5.56 Å². The summed E-state index contributed by atoms with van der Waals surface area (Å²) in [6.45, 7) is 3.25. The zero-order valence-corrected chi connectivity index (χ0v) is 11.4. The molecule has 1 fully saturated rings. The number of hydrogen-bond acceptors (Lipinski definition) is 3. The minimum absolute atomic E-state index is 0.414. The first-order valence-electron chi connectivity index (χ1n) is 5.84. The fourth-order valence-electron chi connectivity index (χ4n) is 2.26. The van der Waals surface area contributed by atoms with Crippen LogP contribution >= 0.6 is 11.6 Å². The van der Waals surface area contributed by atoms with Crippen molar-refractivity contribution in [2.45, 2.75) is 6.04 Å². The first kappa shape index (κ1) is 12.7. The van der Waals surface area contributed by atoms with Crippen LogP contribution in [0.3, 0.4) is 0 Å². The summed E-state index contributed by atoms with van der Waals surface area (Å²) in [4.78, 5) is 4.72. The van der Waals surface area contributed by atoms with Crippen LogP contribution in [0.5, 0.6) is 5.75 Å². The highest BCUT2D eigenvalue weighted by atomic mass is 35.5. The Morgan fingerprint density at radius 3 is 2.71 bits per heavy atom. The number of rotatable bonds is 2. The van der Waals surface area contributed by atoms with Crippen LogP contribution in [0.2, 0.25) is 5.02 Å². The Hall–Kier alpha value is -0.770. The van der Waals surface area contributed by atoms with Gasteiger partial charge in [0.25, 0.3) is 0 Å². The van der Waals surface area contributed by atoms with Gasteiger partial charge in [-0.05, 0) is 31.8 Å². The summed E-state index contributed by atoms with van der Waals surface area (Å²) in [7, 11) is 5.96. The van der Waals surface area contributed by atoms with Gasteiger partial charge in [0, 0.05) is 25.7 Å². The van der Waals surface area contributed by atoms with Gasteiger partial charge in [-0.3, -0.25) is 4.90 Å². The lowest BCUT2D eigenvalue weighted by molar-refractivity contribution is 0.115. The minimum atomic E-state index is 0.414. The molecule has 1 atom stereocenters. The number of halogens is 1. The molecular formula is C13H19ClN2O. The zero-order valence-electron chi connectivity index (χ0n) is 10.6. The Morgan fingerprint density at radius 1 is 1.29 bits per heavy atom. The van der Waals surface area contributed by atoms with Crippen LogP contribution in [-0.4, -0.2) is 50.6 Å². The van der Waals surface area contributed by atoms with E-state index in [1.54, 1.807) is 7.11 Å². The summed E-state index contributed by atoms with van der Waals surface area (Å²) in [5.74, 6) is 0.738. The lowest BCUT2D eigenvalue weighted by Crippen LogP contribution is -2.44. The summed E-state index contributed by atoms with van der Waals surface area (Å²) in [6.07, 6.45) is 0. The van der Waals surface area contributed by atoms with Crippen LogP contribution in [0.4, 0.5) is 0 Å². The van der Waals surface area contributed by atoms with Gasteiger partial charge in [-0.25, -0.2) is 0 Å². The molecule has 2 rings (SSSR count). The summed E-state index contributed by atoms with van der Waals surface area (Å²) in [5.41, 5.74) is 1.25. The van der Waals surface area contributed by atoms with Crippen molar-refractivity contribution in [1.82, 2.24) is 9.80 Å². The molecule has 17 heavy (non-hydrogen) atoms. The van der Waals surface area contributed by atoms with Crippen LogP contribution in [0, 0.1) is 0 Å². The van der Waals surface area contributed by atoms with Gasteiger partial charge in [-0.15, -0.1) is 0 Å². The average Bonchev–Trinajstić information content (AvgIpc) is 2.32. The van der Waals surface area contributed by atoms with Gasteiger partial charge in [-0.2, -0.15) is 0 Å². The van der Waals surface area contributed by atoms with E-state index >= 15 is 0 Å². The quantitative estimate of drug-likeness (QED) is 0.805. The first-order valence-corrected chi connectivity index (χ1v) is 6.22. The number of nitrogens with zero attached hydrogens (tertiary/aromatic N) is 2. The SMILES string of the molecule is COc1ccc(C2CN(C)CCN2C)cc1Cl. The Kier molecular flexibility index (Phi) is 3.92. The molecule has 0 radical (unpaired) electrons. The normalized spacial score (nSPS) is 22.7. The van der Waals surface area contributed by atoms with Crippen LogP contribution in [0.1, 0.15) is 11.6 Å². The maximum Gasteiger partial charge on any atom is 0.137 e. The molecule has 0 spiro atoms. The van der Waals surface area contributed by atoms with E-state index in [4.69, 9.17) is 16.3 Å². The number of ether oxygens (including phenoxy) is 1. The maximum absolute atomic E-state index is 6.18. The Labute approximate surface area is 108 Å². The smallest absolute Gasteiger partial charge is 0.137 e. The monoisotopic (exact) mass is 254 g/mol. The molecule has 1 aliphatic heterocycles. The van der Waals surface area contributed by atoms with Crippen LogP contribution in [-0.2, 0) is 0 Å². The highest BCUT2D eigenvalue weighted by molar-refractivity contribution is 6.32. The van der Waals surface area contributed by atoms with Crippen molar-refractivity contribution >= 4 is 11.6 Å². The second-order valence-corrected chi connectivity index (χ2v) is 5.06. The van der Waals surface area contributed by atoms with E-state index in [0.29, 0.717) is 11.1 Å². The molecule has 1 unspecified atom stereocenters. The van der Waals surface area contributed by atoms with Crippen LogP contribution < -0.4 is 4.74 Å². The van der Waals surface area contributed by atoms with Crippen molar-refractivity contribution in [2.75, 3.05) is 40.8 Å². The van der Waals surface area contributed by atoms with Crippen molar-refractivity contribution in [3.63, 3.8) is 0 Å². The maximum atomic E-state index is 6.18. The Balaban J connectivity index is 2.23. The molecule has 1 aromatic rings. The molecule has 0 saturated carbocycles. The van der Waals surface area contributed by atoms with Gasteiger partial charge in [0.15, 0.2) is 0 Å². The fourth-order valence-corrected chi connectivity index (χ4v) is 2.53. The second-order valence-electron chi connectivity index (χ2n) is 4.65. The minimum Gasteiger partial charge on any atom is -0.495 e. The summed E-state index contributed by atoms with van der Waals surface area (Å²) < 4.78 is 5.18. The molecule has 1 aromatic carbocycles. The average molecular weight is 255 g/mol. The van der Waals surface area contributed by atoms with Gasteiger partial charge in [-0.1, -0.05) is 17.7 Å². The van der Waals surface area contributed by atoms with Crippen molar-refractivity contribution in [3.05, 3.63) is 28.8 Å². The molecule has 1 heterocycles. The lowest BCUT2D eigenvalue weighted by atomic mass is 10.0. The Morgan fingerprint density at radius 2 is 2.06 bits per heavy atom. The fraction of sp³-hybridized carbons (Fsp3) is 0.538. The summed E-state index contributed by atoms with van der Waals surface area (Å²) in [6, 6.07) is 6.48. The molecule has 0 aliphatic carbocycles. The van der Waals surface area contributed by atoms with Gasteiger partial charge in [0.05, 0.1) is 12.1 Å². The number of methoxy groups -OCH3 is 1. The van der Waals surface area contributed by atoms with Crippen molar-refractivity contribution in [1.29, 1.82) is 0 Å². The van der Waals surface area contributed by atoms with Gasteiger partial charge in [0.2, 0.25) is 0 Å². The molecule has 94 valence electrons. The van der Waals surface area contributed by atoms with Crippen molar-refractivity contribution in [3.8, 4) is 5.75 Å². The van der Waals surface area contributed by atoms with Crippen molar-refractivity contribution in [2.24, 2.45) is 0 Å². The molecule has 3 nitrogen and oxygen atoms in total. The summed E-state index contributed by atoms with van der Waals surface area (Å²) in [5, 5.41) is 0.687. The number of likely N-dealkylation sites (N-methyl/N-ethyl adjacent to an activating group) is 2. The van der Waals surface area contributed by atoms with Crippen molar-refractivity contribution < 1.29 is 4.74 Å². The highest BCUT2D eigenvalue weighted by Gasteiger charge is 2.24. The topological polar surface area (TPSA) is 15.7 Å². The molecule has 4 heteroatoms. The van der Waals surface area contributed by atoms with Gasteiger partial charge < -0.3 is 9.64 Å². The highest BCUT2D eigenvalue weighted by Crippen LogP contribution is 2.30. The van der Waals surface area contributed by atoms with E-state index in [-0.39, 0.29) is 0 Å². The van der Waals surface area contributed by atoms with Crippen LogP contribution in [0.15, 0.2) is 18.2 Å². The number of hydrogen-bond donors (Lipinski definition) is 0. The summed E-state index contributed by atoms with van der Waals surface area (Å²) >= 11 is 6.18. The van der Waals surface area contributed by atoms with Gasteiger partial charge >= 0.3 is 0 Å². The van der Waals surface area contributed by atoms with E-state index < -0.39 is 0 Å². The van der Waals surface area contributed by atoms with E-state index in [9.17, 15) is 0 Å². The molecule has 0 aromatic heterocycles. The molecule has 1 aliphatic rings. The predicted octanol–water partition coefficient (Wildman–Crippen LogP) is 2.27.